The van der Waals surface area contributed by atoms with Crippen molar-refractivity contribution in [1.82, 2.24) is 10.2 Å². The second-order valence-electron chi connectivity index (χ2n) is 5.53. The number of amides is 1. The highest BCUT2D eigenvalue weighted by Crippen LogP contribution is 2.23. The van der Waals surface area contributed by atoms with Crippen LogP contribution in [0.3, 0.4) is 0 Å². The number of para-hydroxylation sites is 1. The summed E-state index contributed by atoms with van der Waals surface area (Å²) in [7, 11) is 0. The minimum atomic E-state index is -0.239. The summed E-state index contributed by atoms with van der Waals surface area (Å²) >= 11 is 0. The number of aryl methyl sites for hydroxylation is 2. The third-order valence-corrected chi connectivity index (χ3v) is 3.57. The molecule has 2 aromatic carbocycles. The number of carbonyl (C=O) groups is 1. The Hall–Kier alpha value is -3.28. The first-order valence-electron chi connectivity index (χ1n) is 7.89. The van der Waals surface area contributed by atoms with E-state index in [9.17, 15) is 4.79 Å². The van der Waals surface area contributed by atoms with Crippen molar-refractivity contribution in [3.05, 3.63) is 66.0 Å². The van der Waals surface area contributed by atoms with Crippen LogP contribution < -0.4 is 14.8 Å². The van der Waals surface area contributed by atoms with Gasteiger partial charge in [0.25, 0.3) is 5.91 Å². The zero-order valence-corrected chi connectivity index (χ0v) is 14.1. The highest BCUT2D eigenvalue weighted by molar-refractivity contribution is 5.92. The molecule has 0 aliphatic rings. The molecule has 1 amide bonds. The van der Waals surface area contributed by atoms with Gasteiger partial charge in [-0.25, -0.2) is 0 Å². The van der Waals surface area contributed by atoms with Crippen LogP contribution in [0.15, 0.2) is 54.6 Å². The van der Waals surface area contributed by atoms with Gasteiger partial charge in [-0.05, 0) is 50.2 Å². The van der Waals surface area contributed by atoms with Gasteiger partial charge in [0.2, 0.25) is 0 Å². The topological polar surface area (TPSA) is 76.2 Å². The van der Waals surface area contributed by atoms with Crippen LogP contribution in [0.1, 0.15) is 11.4 Å². The molecule has 0 fully saturated rings. The van der Waals surface area contributed by atoms with Crippen LogP contribution in [-0.2, 0) is 4.79 Å². The molecular formula is C19H19N3O3. The molecule has 0 aliphatic carbocycles. The average Bonchev–Trinajstić information content (AvgIpc) is 2.94. The first-order chi connectivity index (χ1) is 12.1. The molecular weight excluding hydrogens is 318 g/mol. The second-order valence-corrected chi connectivity index (χ2v) is 5.53. The SMILES string of the molecule is Cc1n[nH]c(C)c1NC(=O)COc1ccc(Oc2ccccc2)cc1. The van der Waals surface area contributed by atoms with Gasteiger partial charge in [-0.3, -0.25) is 9.89 Å². The predicted molar refractivity (Wildman–Crippen MR) is 95.1 cm³/mol. The number of ether oxygens (including phenoxy) is 2. The molecule has 0 atom stereocenters. The van der Waals surface area contributed by atoms with Gasteiger partial charge in [-0.1, -0.05) is 18.2 Å². The number of H-pyrrole nitrogens is 1. The fourth-order valence-corrected chi connectivity index (χ4v) is 2.29. The molecule has 25 heavy (non-hydrogen) atoms. The highest BCUT2D eigenvalue weighted by Gasteiger charge is 2.10. The molecule has 1 aromatic heterocycles. The van der Waals surface area contributed by atoms with E-state index in [1.165, 1.54) is 0 Å². The smallest absolute Gasteiger partial charge is 0.262 e. The number of nitrogens with one attached hydrogen (secondary N) is 2. The van der Waals surface area contributed by atoms with Crippen molar-refractivity contribution in [2.45, 2.75) is 13.8 Å². The van der Waals surface area contributed by atoms with Crippen LogP contribution in [0.2, 0.25) is 0 Å². The van der Waals surface area contributed by atoms with Crippen molar-refractivity contribution >= 4 is 11.6 Å². The maximum absolute atomic E-state index is 12.0. The number of aromatic nitrogens is 2. The Morgan fingerprint density at radius 1 is 1.00 bits per heavy atom. The third kappa shape index (κ3) is 4.38. The van der Waals surface area contributed by atoms with Crippen LogP contribution in [-0.4, -0.2) is 22.7 Å². The van der Waals surface area contributed by atoms with E-state index in [1.807, 2.05) is 44.2 Å². The van der Waals surface area contributed by atoms with Crippen LogP contribution in [0.5, 0.6) is 17.2 Å². The van der Waals surface area contributed by atoms with Gasteiger partial charge in [-0.15, -0.1) is 0 Å². The lowest BCUT2D eigenvalue weighted by atomic mass is 10.3. The molecule has 6 nitrogen and oxygen atoms in total. The van der Waals surface area contributed by atoms with Crippen LogP contribution in [0, 0.1) is 13.8 Å². The van der Waals surface area contributed by atoms with E-state index in [0.717, 1.165) is 17.1 Å². The molecule has 0 unspecified atom stereocenters. The fraction of sp³-hybridized carbons (Fsp3) is 0.158. The summed E-state index contributed by atoms with van der Waals surface area (Å²) < 4.78 is 11.2. The first-order valence-corrected chi connectivity index (χ1v) is 7.89. The summed E-state index contributed by atoms with van der Waals surface area (Å²) in [5, 5.41) is 9.65. The van der Waals surface area contributed by atoms with Gasteiger partial charge in [-0.2, -0.15) is 5.10 Å². The molecule has 1 heterocycles. The van der Waals surface area contributed by atoms with Crippen molar-refractivity contribution in [2.24, 2.45) is 0 Å². The molecule has 3 aromatic rings. The van der Waals surface area contributed by atoms with E-state index in [2.05, 4.69) is 15.5 Å². The maximum atomic E-state index is 12.0. The molecule has 2 N–H and O–H groups in total. The number of aromatic amines is 1. The zero-order chi connectivity index (χ0) is 17.6. The number of carbonyl (C=O) groups excluding carboxylic acids is 1. The third-order valence-electron chi connectivity index (χ3n) is 3.57. The number of hydrogen-bond acceptors (Lipinski definition) is 4. The number of nitrogens with zero attached hydrogens (tertiary/aromatic N) is 1. The molecule has 3 rings (SSSR count). The molecule has 128 valence electrons. The lowest BCUT2D eigenvalue weighted by Gasteiger charge is -2.09. The Morgan fingerprint density at radius 3 is 2.28 bits per heavy atom. The predicted octanol–water partition coefficient (Wildman–Crippen LogP) is 3.84. The standard InChI is InChI=1S/C19H19N3O3/c1-13-19(14(2)22-21-13)20-18(23)12-24-15-8-10-17(11-9-15)25-16-6-4-3-5-7-16/h3-11H,12H2,1-2H3,(H,20,23)(H,21,22). The number of hydrogen-bond donors (Lipinski definition) is 2. The quantitative estimate of drug-likeness (QED) is 0.716. The minimum absolute atomic E-state index is 0.0804. The Bertz CT molecular complexity index is 823. The largest absolute Gasteiger partial charge is 0.484 e. The molecule has 0 spiro atoms. The Morgan fingerprint density at radius 2 is 1.64 bits per heavy atom. The zero-order valence-electron chi connectivity index (χ0n) is 14.1. The summed E-state index contributed by atoms with van der Waals surface area (Å²) in [6.07, 6.45) is 0. The lowest BCUT2D eigenvalue weighted by molar-refractivity contribution is -0.118. The van der Waals surface area contributed by atoms with Gasteiger partial charge in [0, 0.05) is 0 Å². The van der Waals surface area contributed by atoms with Gasteiger partial charge >= 0.3 is 0 Å². The van der Waals surface area contributed by atoms with E-state index in [1.54, 1.807) is 24.3 Å². The normalized spacial score (nSPS) is 10.3. The first kappa shape index (κ1) is 16.6. The number of anilines is 1. The summed E-state index contributed by atoms with van der Waals surface area (Å²) in [5.41, 5.74) is 2.25. The van der Waals surface area contributed by atoms with E-state index >= 15 is 0 Å². The molecule has 6 heteroatoms. The van der Waals surface area contributed by atoms with E-state index < -0.39 is 0 Å². The minimum Gasteiger partial charge on any atom is -0.484 e. The van der Waals surface area contributed by atoms with Crippen molar-refractivity contribution in [3.63, 3.8) is 0 Å². The molecule has 0 aliphatic heterocycles. The summed E-state index contributed by atoms with van der Waals surface area (Å²) in [5.74, 6) is 1.82. The lowest BCUT2D eigenvalue weighted by Crippen LogP contribution is -2.20. The summed E-state index contributed by atoms with van der Waals surface area (Å²) in [6, 6.07) is 16.6. The Kier molecular flexibility index (Phi) is 4.99. The average molecular weight is 337 g/mol. The van der Waals surface area contributed by atoms with Gasteiger partial charge in [0.05, 0.1) is 17.1 Å². The van der Waals surface area contributed by atoms with E-state index in [-0.39, 0.29) is 12.5 Å². The summed E-state index contributed by atoms with van der Waals surface area (Å²) in [4.78, 5) is 12.0. The molecule has 0 saturated heterocycles. The molecule has 0 radical (unpaired) electrons. The maximum Gasteiger partial charge on any atom is 0.262 e. The van der Waals surface area contributed by atoms with Crippen molar-refractivity contribution in [1.29, 1.82) is 0 Å². The number of benzene rings is 2. The van der Waals surface area contributed by atoms with Gasteiger partial charge in [0.1, 0.15) is 17.2 Å². The van der Waals surface area contributed by atoms with Crippen LogP contribution in [0.25, 0.3) is 0 Å². The monoisotopic (exact) mass is 337 g/mol. The number of rotatable bonds is 6. The van der Waals surface area contributed by atoms with E-state index in [4.69, 9.17) is 9.47 Å². The Labute approximate surface area is 145 Å². The van der Waals surface area contributed by atoms with Crippen molar-refractivity contribution < 1.29 is 14.3 Å². The Balaban J connectivity index is 1.52. The fourth-order valence-electron chi connectivity index (χ4n) is 2.29. The summed E-state index contributed by atoms with van der Waals surface area (Å²) in [6.45, 7) is 3.59. The highest BCUT2D eigenvalue weighted by atomic mass is 16.5. The van der Waals surface area contributed by atoms with Gasteiger partial charge < -0.3 is 14.8 Å². The van der Waals surface area contributed by atoms with Crippen molar-refractivity contribution in [3.8, 4) is 17.2 Å². The molecule has 0 bridgehead atoms. The van der Waals surface area contributed by atoms with Crippen LogP contribution >= 0.6 is 0 Å². The second kappa shape index (κ2) is 7.53. The molecule has 0 saturated carbocycles. The van der Waals surface area contributed by atoms with E-state index in [0.29, 0.717) is 17.2 Å². The van der Waals surface area contributed by atoms with Crippen LogP contribution in [0.4, 0.5) is 5.69 Å². The van der Waals surface area contributed by atoms with Crippen molar-refractivity contribution in [2.75, 3.05) is 11.9 Å². The van der Waals surface area contributed by atoms with Gasteiger partial charge in [0.15, 0.2) is 6.61 Å².